The first-order chi connectivity index (χ1) is 21.3. The molecular formula is C33H35NO10. The third kappa shape index (κ3) is 5.68. The van der Waals surface area contributed by atoms with E-state index < -0.39 is 11.9 Å². The minimum absolute atomic E-state index is 0.0924. The molecule has 0 bridgehead atoms. The Bertz CT molecular complexity index is 1510. The first kappa shape index (κ1) is 31.6. The van der Waals surface area contributed by atoms with Gasteiger partial charge in [-0.15, -0.1) is 0 Å². The molecule has 1 aromatic heterocycles. The highest BCUT2D eigenvalue weighted by atomic mass is 16.5. The molecule has 0 aliphatic heterocycles. The Morgan fingerprint density at radius 2 is 0.909 bits per heavy atom. The van der Waals surface area contributed by atoms with Crippen molar-refractivity contribution in [1.82, 2.24) is 4.57 Å². The lowest BCUT2D eigenvalue weighted by Crippen LogP contribution is -2.18. The van der Waals surface area contributed by atoms with E-state index in [0.717, 1.165) is 5.56 Å². The van der Waals surface area contributed by atoms with E-state index in [1.165, 1.54) is 56.9 Å². The molecule has 0 aliphatic carbocycles. The number of carbonyl (C=O) groups excluding carboxylic acids is 2. The number of hydrogen-bond donors (Lipinski definition) is 0. The van der Waals surface area contributed by atoms with Crippen LogP contribution < -0.4 is 28.4 Å². The standard InChI is InChI=1S/C33H35NO10/c1-37-22-14-20(15-23(38-2)30(22)41-5)26-27(21-16-24(39-3)31(42-6)25(17-21)40-4)29(33(36)44-8)34(28(26)32(35)43-7)18-19-12-10-9-11-13-19/h9-17H,18H2,1-8H3. The molecule has 0 atom stereocenters. The average molecular weight is 606 g/mol. The summed E-state index contributed by atoms with van der Waals surface area (Å²) in [5.41, 5.74) is 2.65. The van der Waals surface area contributed by atoms with Gasteiger partial charge in [-0.1, -0.05) is 30.3 Å². The molecule has 232 valence electrons. The van der Waals surface area contributed by atoms with Crippen molar-refractivity contribution in [1.29, 1.82) is 0 Å². The van der Waals surface area contributed by atoms with Gasteiger partial charge < -0.3 is 42.5 Å². The fourth-order valence-electron chi connectivity index (χ4n) is 5.17. The normalized spacial score (nSPS) is 10.5. The Kier molecular flexibility index (Phi) is 9.89. The van der Waals surface area contributed by atoms with Gasteiger partial charge in [0.1, 0.15) is 11.4 Å². The molecule has 4 rings (SSSR count). The number of hydrogen-bond acceptors (Lipinski definition) is 10. The summed E-state index contributed by atoms with van der Waals surface area (Å²) >= 11 is 0. The van der Waals surface area contributed by atoms with Crippen molar-refractivity contribution in [2.45, 2.75) is 6.54 Å². The summed E-state index contributed by atoms with van der Waals surface area (Å²) < 4.78 is 45.9. The molecule has 3 aromatic carbocycles. The molecule has 0 saturated heterocycles. The monoisotopic (exact) mass is 605 g/mol. The van der Waals surface area contributed by atoms with Crippen molar-refractivity contribution < 1.29 is 47.5 Å². The number of esters is 2. The van der Waals surface area contributed by atoms with E-state index in [-0.39, 0.29) is 17.9 Å². The third-order valence-corrected chi connectivity index (χ3v) is 7.11. The maximum Gasteiger partial charge on any atom is 0.355 e. The van der Waals surface area contributed by atoms with Crippen LogP contribution in [0.1, 0.15) is 26.5 Å². The van der Waals surface area contributed by atoms with Gasteiger partial charge in [0.2, 0.25) is 11.5 Å². The SMILES string of the molecule is COC(=O)c1c(-c2cc(OC)c(OC)c(OC)c2)c(-c2cc(OC)c(OC)c(OC)c2)c(C(=O)OC)n1Cc1ccccc1. The number of aromatic nitrogens is 1. The maximum atomic E-state index is 13.8. The zero-order chi connectivity index (χ0) is 32.0. The molecule has 0 saturated carbocycles. The second kappa shape index (κ2) is 13.8. The zero-order valence-corrected chi connectivity index (χ0v) is 25.9. The lowest BCUT2D eigenvalue weighted by Gasteiger charge is -2.17. The van der Waals surface area contributed by atoms with Crippen molar-refractivity contribution in [2.24, 2.45) is 0 Å². The van der Waals surface area contributed by atoms with Crippen LogP contribution in [0.5, 0.6) is 34.5 Å². The molecule has 4 aromatic rings. The average Bonchev–Trinajstić information content (AvgIpc) is 3.40. The summed E-state index contributed by atoms with van der Waals surface area (Å²) in [6.45, 7) is 0.136. The molecule has 0 spiro atoms. The Labute approximate surface area is 255 Å². The van der Waals surface area contributed by atoms with Gasteiger partial charge in [0.15, 0.2) is 23.0 Å². The molecular weight excluding hydrogens is 570 g/mol. The van der Waals surface area contributed by atoms with Crippen LogP contribution in [0.15, 0.2) is 54.6 Å². The predicted octanol–water partition coefficient (Wildman–Crippen LogP) is 5.50. The Morgan fingerprint density at radius 3 is 1.20 bits per heavy atom. The maximum absolute atomic E-state index is 13.8. The van der Waals surface area contributed by atoms with Crippen LogP contribution in [-0.2, 0) is 16.0 Å². The number of carbonyl (C=O) groups is 2. The van der Waals surface area contributed by atoms with Gasteiger partial charge in [0.25, 0.3) is 0 Å². The van der Waals surface area contributed by atoms with Crippen LogP contribution in [0.4, 0.5) is 0 Å². The topological polar surface area (TPSA) is 113 Å². The van der Waals surface area contributed by atoms with Gasteiger partial charge in [-0.25, -0.2) is 9.59 Å². The second-order valence-electron chi connectivity index (χ2n) is 9.33. The fraction of sp³-hybridized carbons (Fsp3) is 0.273. The van der Waals surface area contributed by atoms with E-state index >= 15 is 0 Å². The number of ether oxygens (including phenoxy) is 8. The number of benzene rings is 3. The van der Waals surface area contributed by atoms with E-state index in [0.29, 0.717) is 56.8 Å². The molecule has 0 aliphatic rings. The lowest BCUT2D eigenvalue weighted by molar-refractivity contribution is 0.0579. The van der Waals surface area contributed by atoms with E-state index in [1.807, 2.05) is 30.3 Å². The van der Waals surface area contributed by atoms with Crippen molar-refractivity contribution in [3.05, 3.63) is 71.5 Å². The quantitative estimate of drug-likeness (QED) is 0.192. The Balaban J connectivity index is 2.27. The third-order valence-electron chi connectivity index (χ3n) is 7.11. The number of methoxy groups -OCH3 is 8. The summed E-state index contributed by atoms with van der Waals surface area (Å²) in [5, 5.41) is 0. The molecule has 0 fully saturated rings. The molecule has 11 heteroatoms. The van der Waals surface area contributed by atoms with Gasteiger partial charge in [-0.3, -0.25) is 0 Å². The minimum atomic E-state index is -0.687. The highest BCUT2D eigenvalue weighted by Gasteiger charge is 2.35. The van der Waals surface area contributed by atoms with Crippen molar-refractivity contribution in [3.8, 4) is 56.8 Å². The number of nitrogens with zero attached hydrogens (tertiary/aromatic N) is 1. The van der Waals surface area contributed by atoms with Crippen LogP contribution in [-0.4, -0.2) is 73.4 Å². The van der Waals surface area contributed by atoms with Crippen molar-refractivity contribution in [3.63, 3.8) is 0 Å². The summed E-state index contributed by atoms with van der Waals surface area (Å²) in [7, 11) is 11.5. The van der Waals surface area contributed by atoms with Crippen LogP contribution >= 0.6 is 0 Å². The number of rotatable bonds is 12. The van der Waals surface area contributed by atoms with Crippen LogP contribution in [0.25, 0.3) is 22.3 Å². The molecule has 0 radical (unpaired) electrons. The smallest absolute Gasteiger partial charge is 0.355 e. The van der Waals surface area contributed by atoms with E-state index in [2.05, 4.69) is 0 Å². The molecule has 0 unspecified atom stereocenters. The van der Waals surface area contributed by atoms with Gasteiger partial charge in [-0.05, 0) is 41.0 Å². The largest absolute Gasteiger partial charge is 0.493 e. The lowest BCUT2D eigenvalue weighted by atomic mass is 9.93. The molecule has 0 N–H and O–H groups in total. The minimum Gasteiger partial charge on any atom is -0.493 e. The summed E-state index contributed by atoms with van der Waals surface area (Å²) in [6, 6.07) is 16.2. The highest BCUT2D eigenvalue weighted by molar-refractivity contribution is 6.10. The summed E-state index contributed by atoms with van der Waals surface area (Å²) in [5.74, 6) is 0.678. The van der Waals surface area contributed by atoms with Gasteiger partial charge >= 0.3 is 11.9 Å². The second-order valence-corrected chi connectivity index (χ2v) is 9.33. The van der Waals surface area contributed by atoms with Gasteiger partial charge in [0.05, 0.1) is 56.9 Å². The van der Waals surface area contributed by atoms with Crippen LogP contribution in [0.3, 0.4) is 0 Å². The van der Waals surface area contributed by atoms with E-state index in [4.69, 9.17) is 37.9 Å². The molecule has 44 heavy (non-hydrogen) atoms. The Hall–Kier alpha value is -5.32. The van der Waals surface area contributed by atoms with E-state index in [9.17, 15) is 9.59 Å². The Morgan fingerprint density at radius 1 is 0.545 bits per heavy atom. The van der Waals surface area contributed by atoms with E-state index in [1.54, 1.807) is 28.8 Å². The van der Waals surface area contributed by atoms with Crippen molar-refractivity contribution in [2.75, 3.05) is 56.9 Å². The first-order valence-corrected chi connectivity index (χ1v) is 13.4. The molecule has 0 amide bonds. The predicted molar refractivity (Wildman–Crippen MR) is 163 cm³/mol. The fourth-order valence-corrected chi connectivity index (χ4v) is 5.17. The van der Waals surface area contributed by atoms with Crippen molar-refractivity contribution >= 4 is 11.9 Å². The highest BCUT2D eigenvalue weighted by Crippen LogP contribution is 2.49. The zero-order valence-electron chi connectivity index (χ0n) is 25.9. The first-order valence-electron chi connectivity index (χ1n) is 13.4. The van der Waals surface area contributed by atoms with Crippen LogP contribution in [0, 0.1) is 0 Å². The summed E-state index contributed by atoms with van der Waals surface area (Å²) in [4.78, 5) is 27.5. The molecule has 1 heterocycles. The van der Waals surface area contributed by atoms with Gasteiger partial charge in [-0.2, -0.15) is 0 Å². The molecule has 11 nitrogen and oxygen atoms in total. The summed E-state index contributed by atoms with van der Waals surface area (Å²) in [6.07, 6.45) is 0. The van der Waals surface area contributed by atoms with Gasteiger partial charge in [0, 0.05) is 17.7 Å². The van der Waals surface area contributed by atoms with Crippen LogP contribution in [0.2, 0.25) is 0 Å².